The highest BCUT2D eigenvalue weighted by atomic mass is 16.3. The molecule has 0 spiro atoms. The predicted molar refractivity (Wildman–Crippen MR) is 73.5 cm³/mol. The van der Waals surface area contributed by atoms with Crippen LogP contribution in [0.25, 0.3) is 0 Å². The van der Waals surface area contributed by atoms with Crippen LogP contribution in [0.15, 0.2) is 16.5 Å². The first-order valence-electron chi connectivity index (χ1n) is 6.81. The zero-order chi connectivity index (χ0) is 14.0. The van der Waals surface area contributed by atoms with Crippen LogP contribution in [0.4, 0.5) is 0 Å². The summed E-state index contributed by atoms with van der Waals surface area (Å²) in [4.78, 5) is 16.4. The third-order valence-corrected chi connectivity index (χ3v) is 3.70. The van der Waals surface area contributed by atoms with Gasteiger partial charge < -0.3 is 15.1 Å². The van der Waals surface area contributed by atoms with Gasteiger partial charge in [-0.05, 0) is 39.4 Å². The van der Waals surface area contributed by atoms with Gasteiger partial charge in [0.05, 0.1) is 12.6 Å². The van der Waals surface area contributed by atoms with Crippen LogP contribution in [0.5, 0.6) is 0 Å². The molecule has 0 radical (unpaired) electrons. The molecule has 0 aromatic carbocycles. The van der Waals surface area contributed by atoms with E-state index < -0.39 is 0 Å². The SMILES string of the molecule is CCN(Cc1ccc(C)o1)C(=O)[C@@H]1C[C@H](N)CN1C. The minimum atomic E-state index is -0.0917. The second kappa shape index (κ2) is 5.75. The van der Waals surface area contributed by atoms with Crippen molar-refractivity contribution in [2.24, 2.45) is 5.73 Å². The topological polar surface area (TPSA) is 62.7 Å². The molecule has 2 N–H and O–H groups in total. The van der Waals surface area contributed by atoms with Crippen molar-refractivity contribution in [2.75, 3.05) is 20.1 Å². The summed E-state index contributed by atoms with van der Waals surface area (Å²) in [5, 5.41) is 0. The first-order chi connectivity index (χ1) is 9.01. The van der Waals surface area contributed by atoms with Crippen LogP contribution in [-0.4, -0.2) is 47.9 Å². The van der Waals surface area contributed by atoms with E-state index in [4.69, 9.17) is 10.2 Å². The number of likely N-dealkylation sites (N-methyl/N-ethyl adjacent to an activating group) is 2. The summed E-state index contributed by atoms with van der Waals surface area (Å²) in [6, 6.07) is 3.86. The summed E-state index contributed by atoms with van der Waals surface area (Å²) in [5.41, 5.74) is 5.92. The van der Waals surface area contributed by atoms with Crippen molar-refractivity contribution in [1.29, 1.82) is 0 Å². The molecule has 5 nitrogen and oxygen atoms in total. The van der Waals surface area contributed by atoms with E-state index in [1.54, 1.807) is 0 Å². The maximum atomic E-state index is 12.5. The quantitative estimate of drug-likeness (QED) is 0.881. The van der Waals surface area contributed by atoms with E-state index in [1.807, 2.05) is 42.8 Å². The Kier molecular flexibility index (Phi) is 4.27. The molecule has 1 saturated heterocycles. The van der Waals surface area contributed by atoms with Crippen LogP contribution in [0, 0.1) is 6.92 Å². The Hall–Kier alpha value is -1.33. The summed E-state index contributed by atoms with van der Waals surface area (Å²) < 4.78 is 5.54. The van der Waals surface area contributed by atoms with Gasteiger partial charge in [-0.3, -0.25) is 9.69 Å². The zero-order valence-corrected chi connectivity index (χ0v) is 11.9. The first kappa shape index (κ1) is 14.1. The van der Waals surface area contributed by atoms with Gasteiger partial charge in [-0.1, -0.05) is 0 Å². The molecule has 0 saturated carbocycles. The number of furan rings is 1. The minimum absolute atomic E-state index is 0.0917. The molecule has 2 heterocycles. The van der Waals surface area contributed by atoms with Crippen molar-refractivity contribution in [3.05, 3.63) is 23.7 Å². The normalized spacial score (nSPS) is 23.8. The Labute approximate surface area is 114 Å². The van der Waals surface area contributed by atoms with E-state index in [0.717, 1.165) is 24.5 Å². The number of amides is 1. The molecule has 1 aromatic rings. The van der Waals surface area contributed by atoms with Crippen molar-refractivity contribution in [3.8, 4) is 0 Å². The van der Waals surface area contributed by atoms with Crippen molar-refractivity contribution in [1.82, 2.24) is 9.80 Å². The van der Waals surface area contributed by atoms with Gasteiger partial charge in [-0.15, -0.1) is 0 Å². The smallest absolute Gasteiger partial charge is 0.240 e. The molecule has 1 aliphatic heterocycles. The lowest BCUT2D eigenvalue weighted by molar-refractivity contribution is -0.136. The van der Waals surface area contributed by atoms with Gasteiger partial charge in [-0.25, -0.2) is 0 Å². The number of nitrogens with two attached hydrogens (primary N) is 1. The molecule has 1 aromatic heterocycles. The van der Waals surface area contributed by atoms with Gasteiger partial charge in [0, 0.05) is 19.1 Å². The summed E-state index contributed by atoms with van der Waals surface area (Å²) >= 11 is 0. The molecule has 5 heteroatoms. The predicted octanol–water partition coefficient (Wildman–Crippen LogP) is 0.968. The van der Waals surface area contributed by atoms with Gasteiger partial charge in [0.2, 0.25) is 5.91 Å². The highest BCUT2D eigenvalue weighted by molar-refractivity contribution is 5.82. The standard InChI is InChI=1S/C14H23N3O2/c1-4-17(9-12-6-5-10(2)19-12)14(18)13-7-11(15)8-16(13)3/h5-6,11,13H,4,7-9,15H2,1-3H3/t11-,13-/m0/s1. The Bertz CT molecular complexity index is 444. The van der Waals surface area contributed by atoms with Gasteiger partial charge in [0.15, 0.2) is 0 Å². The van der Waals surface area contributed by atoms with Gasteiger partial charge in [-0.2, -0.15) is 0 Å². The Balaban J connectivity index is 2.03. The molecule has 2 atom stereocenters. The molecular weight excluding hydrogens is 242 g/mol. The van der Waals surface area contributed by atoms with Crippen LogP contribution in [-0.2, 0) is 11.3 Å². The summed E-state index contributed by atoms with van der Waals surface area (Å²) in [6.07, 6.45) is 0.739. The molecule has 2 rings (SSSR count). The molecule has 1 fully saturated rings. The molecule has 0 aliphatic carbocycles. The number of aryl methyl sites for hydroxylation is 1. The largest absolute Gasteiger partial charge is 0.464 e. The van der Waals surface area contributed by atoms with E-state index in [2.05, 4.69) is 0 Å². The number of rotatable bonds is 4. The fourth-order valence-electron chi connectivity index (χ4n) is 2.64. The number of hydrogen-bond donors (Lipinski definition) is 1. The van der Waals surface area contributed by atoms with E-state index in [0.29, 0.717) is 13.1 Å². The van der Waals surface area contributed by atoms with Gasteiger partial charge in [0.1, 0.15) is 11.5 Å². The monoisotopic (exact) mass is 265 g/mol. The number of hydrogen-bond acceptors (Lipinski definition) is 4. The average Bonchev–Trinajstić information content (AvgIpc) is 2.91. The Morgan fingerprint density at radius 3 is 2.79 bits per heavy atom. The van der Waals surface area contributed by atoms with Crippen LogP contribution in [0.2, 0.25) is 0 Å². The van der Waals surface area contributed by atoms with E-state index in [-0.39, 0.29) is 18.0 Å². The molecule has 1 amide bonds. The Morgan fingerprint density at radius 1 is 1.58 bits per heavy atom. The van der Waals surface area contributed by atoms with Gasteiger partial charge >= 0.3 is 0 Å². The van der Waals surface area contributed by atoms with Crippen molar-refractivity contribution >= 4 is 5.91 Å². The molecular formula is C14H23N3O2. The first-order valence-corrected chi connectivity index (χ1v) is 6.81. The highest BCUT2D eigenvalue weighted by Crippen LogP contribution is 2.18. The lowest BCUT2D eigenvalue weighted by atomic mass is 10.1. The Morgan fingerprint density at radius 2 is 2.32 bits per heavy atom. The second-order valence-corrected chi connectivity index (χ2v) is 5.32. The lowest BCUT2D eigenvalue weighted by Gasteiger charge is -2.26. The number of likely N-dealkylation sites (tertiary alicyclic amines) is 1. The summed E-state index contributed by atoms with van der Waals surface area (Å²) in [6.45, 7) is 5.89. The fraction of sp³-hybridized carbons (Fsp3) is 0.643. The third-order valence-electron chi connectivity index (χ3n) is 3.70. The molecule has 0 bridgehead atoms. The second-order valence-electron chi connectivity index (χ2n) is 5.32. The van der Waals surface area contributed by atoms with E-state index in [9.17, 15) is 4.79 Å². The summed E-state index contributed by atoms with van der Waals surface area (Å²) in [7, 11) is 1.96. The maximum absolute atomic E-state index is 12.5. The zero-order valence-electron chi connectivity index (χ0n) is 11.9. The van der Waals surface area contributed by atoms with Crippen LogP contribution in [0.3, 0.4) is 0 Å². The lowest BCUT2D eigenvalue weighted by Crippen LogP contribution is -2.43. The van der Waals surface area contributed by atoms with E-state index >= 15 is 0 Å². The molecule has 0 unspecified atom stereocenters. The van der Waals surface area contributed by atoms with Crippen molar-refractivity contribution < 1.29 is 9.21 Å². The fourth-order valence-corrected chi connectivity index (χ4v) is 2.64. The van der Waals surface area contributed by atoms with Crippen LogP contribution in [0.1, 0.15) is 24.9 Å². The molecule has 19 heavy (non-hydrogen) atoms. The number of nitrogens with zero attached hydrogens (tertiary/aromatic N) is 2. The molecule has 1 aliphatic rings. The van der Waals surface area contributed by atoms with E-state index in [1.165, 1.54) is 0 Å². The molecule has 106 valence electrons. The van der Waals surface area contributed by atoms with Crippen molar-refractivity contribution in [2.45, 2.75) is 38.9 Å². The average molecular weight is 265 g/mol. The number of carbonyl (C=O) groups is 1. The minimum Gasteiger partial charge on any atom is -0.464 e. The van der Waals surface area contributed by atoms with Crippen LogP contribution < -0.4 is 5.73 Å². The third kappa shape index (κ3) is 3.16. The maximum Gasteiger partial charge on any atom is 0.240 e. The van der Waals surface area contributed by atoms with Gasteiger partial charge in [0.25, 0.3) is 0 Å². The highest BCUT2D eigenvalue weighted by Gasteiger charge is 2.34. The van der Waals surface area contributed by atoms with Crippen LogP contribution >= 0.6 is 0 Å². The number of carbonyl (C=O) groups excluding carboxylic acids is 1. The summed E-state index contributed by atoms with van der Waals surface area (Å²) in [5.74, 6) is 1.85. The van der Waals surface area contributed by atoms with Crippen molar-refractivity contribution in [3.63, 3.8) is 0 Å².